The predicted octanol–water partition coefficient (Wildman–Crippen LogP) is -1.16. The minimum atomic E-state index is -4.35. The molecule has 3 aliphatic rings. The number of fused-ring (bicyclic) bond motifs is 2. The van der Waals surface area contributed by atoms with E-state index in [2.05, 4.69) is 0 Å². The number of thioether (sulfide) groups is 1. The number of thiocarbonyl (C=S) groups is 1. The number of carbonyl (C=O) groups excluding carboxylic acids is 3. The zero-order valence-corrected chi connectivity index (χ0v) is 26.9. The van der Waals surface area contributed by atoms with E-state index in [1.807, 2.05) is 45.7 Å². The summed E-state index contributed by atoms with van der Waals surface area (Å²) in [6.07, 6.45) is 4.91. The van der Waals surface area contributed by atoms with E-state index in [0.717, 1.165) is 16.1 Å². The SMILES string of the molecule is CN1C(=O)C(=CC=CC2c3ccc4c(c3)SC(N4CCCS(=O)(=O)[O-])N2C(=O)CI)C(=O)N(C)C1=S.[Na+]. The van der Waals surface area contributed by atoms with Gasteiger partial charge in [-0.15, -0.1) is 0 Å². The zero-order chi connectivity index (χ0) is 26.4. The molecule has 15 heteroatoms. The van der Waals surface area contributed by atoms with Crippen molar-refractivity contribution in [1.82, 2.24) is 14.7 Å². The summed E-state index contributed by atoms with van der Waals surface area (Å²) in [6, 6.07) is 5.31. The van der Waals surface area contributed by atoms with Crippen LogP contribution >= 0.6 is 46.6 Å². The maximum absolute atomic E-state index is 13.1. The zero-order valence-electron chi connectivity index (χ0n) is 20.3. The number of alkyl halides is 1. The number of amides is 3. The number of nitrogens with zero attached hydrogens (tertiary/aromatic N) is 4. The molecule has 1 aromatic rings. The first-order chi connectivity index (χ1) is 16.9. The molecule has 0 N–H and O–H groups in total. The van der Waals surface area contributed by atoms with E-state index in [4.69, 9.17) is 12.2 Å². The van der Waals surface area contributed by atoms with Crippen LogP contribution in [0.4, 0.5) is 5.69 Å². The van der Waals surface area contributed by atoms with E-state index >= 15 is 0 Å². The van der Waals surface area contributed by atoms with Crippen molar-refractivity contribution in [2.45, 2.75) is 22.9 Å². The summed E-state index contributed by atoms with van der Waals surface area (Å²) in [4.78, 5) is 45.4. The fourth-order valence-electron chi connectivity index (χ4n) is 4.29. The van der Waals surface area contributed by atoms with E-state index < -0.39 is 39.2 Å². The number of hydrogen-bond donors (Lipinski definition) is 0. The molecule has 3 heterocycles. The molecule has 0 saturated carbocycles. The average Bonchev–Trinajstić information content (AvgIpc) is 3.12. The molecule has 2 atom stereocenters. The quantitative estimate of drug-likeness (QED) is 0.0667. The molecule has 1 aromatic carbocycles. The van der Waals surface area contributed by atoms with Crippen LogP contribution in [0.25, 0.3) is 0 Å². The maximum Gasteiger partial charge on any atom is 1.00 e. The van der Waals surface area contributed by atoms with Crippen molar-refractivity contribution in [2.24, 2.45) is 0 Å². The summed E-state index contributed by atoms with van der Waals surface area (Å²) in [6.45, 7) is 0.290. The first kappa shape index (κ1) is 30.5. The number of likely N-dealkylation sites (N-methyl/N-ethyl adjacent to an activating group) is 2. The molecule has 0 radical (unpaired) electrons. The molecule has 10 nitrogen and oxygen atoms in total. The number of carbonyl (C=O) groups is 3. The van der Waals surface area contributed by atoms with Crippen LogP contribution in [0.5, 0.6) is 0 Å². The second kappa shape index (κ2) is 12.0. The van der Waals surface area contributed by atoms with Crippen LogP contribution in [0.3, 0.4) is 0 Å². The van der Waals surface area contributed by atoms with Crippen molar-refractivity contribution < 1.29 is 56.9 Å². The van der Waals surface area contributed by atoms with Crippen LogP contribution in [0.15, 0.2) is 46.9 Å². The summed E-state index contributed by atoms with van der Waals surface area (Å²) < 4.78 is 33.6. The monoisotopic (exact) mass is 684 g/mol. The molecule has 1 saturated heterocycles. The minimum Gasteiger partial charge on any atom is -0.748 e. The molecule has 3 amide bonds. The predicted molar refractivity (Wildman–Crippen MR) is 146 cm³/mol. The smallest absolute Gasteiger partial charge is 0.748 e. The largest absolute Gasteiger partial charge is 1.00 e. The Balaban J connectivity index is 0.00000380. The topological polar surface area (TPSA) is 121 Å². The van der Waals surface area contributed by atoms with E-state index in [0.29, 0.717) is 6.54 Å². The first-order valence-electron chi connectivity index (χ1n) is 10.8. The molecule has 0 spiro atoms. The Morgan fingerprint density at radius 3 is 2.46 bits per heavy atom. The Bertz CT molecular complexity index is 1300. The van der Waals surface area contributed by atoms with Gasteiger partial charge in [-0.05, 0) is 42.4 Å². The Labute approximate surface area is 260 Å². The van der Waals surface area contributed by atoms with Crippen molar-refractivity contribution >= 4 is 85.2 Å². The normalized spacial score (nSPS) is 21.2. The fraction of sp³-hybridized carbons (Fsp3) is 0.364. The van der Waals surface area contributed by atoms with Crippen molar-refractivity contribution in [3.05, 3.63) is 47.6 Å². The van der Waals surface area contributed by atoms with E-state index in [9.17, 15) is 27.4 Å². The van der Waals surface area contributed by atoms with Gasteiger partial charge in [-0.3, -0.25) is 24.2 Å². The van der Waals surface area contributed by atoms with Crippen LogP contribution in [-0.4, -0.2) is 86.8 Å². The summed E-state index contributed by atoms with van der Waals surface area (Å²) >= 11 is 8.60. The molecule has 4 rings (SSSR count). The third-order valence-corrected chi connectivity index (χ3v) is 9.33. The minimum absolute atomic E-state index is 0. The standard InChI is InChI=1S/C22H23IN4O6S3.Na/c1-24-19(29)14(20(30)25(2)21(24)34)5-3-6-15-13-7-8-16-17(11-13)35-22(27(15)18(28)12-23)26(16)9-4-10-36(31,32)33;/h3,5-8,11,15,22H,4,9-10,12H2,1-2H3,(H,31,32,33);/q;+1/p-1. The van der Waals surface area contributed by atoms with Gasteiger partial charge < -0.3 is 14.4 Å². The number of anilines is 1. The summed E-state index contributed by atoms with van der Waals surface area (Å²) in [5.74, 6) is -1.63. The van der Waals surface area contributed by atoms with E-state index in [1.165, 1.54) is 41.7 Å². The van der Waals surface area contributed by atoms with Crippen LogP contribution in [0.1, 0.15) is 18.0 Å². The van der Waals surface area contributed by atoms with Crippen molar-refractivity contribution in [3.63, 3.8) is 0 Å². The van der Waals surface area contributed by atoms with E-state index in [1.54, 1.807) is 17.1 Å². The Morgan fingerprint density at radius 1 is 1.22 bits per heavy atom. The summed E-state index contributed by atoms with van der Waals surface area (Å²) in [5.41, 5.74) is 1.28. The molecule has 192 valence electrons. The number of halogens is 1. The molecule has 2 unspecified atom stereocenters. The fourth-order valence-corrected chi connectivity index (χ4v) is 6.78. The van der Waals surface area contributed by atoms with Crippen molar-refractivity contribution in [3.8, 4) is 0 Å². The molecule has 0 aliphatic carbocycles. The van der Waals surface area contributed by atoms with Crippen LogP contribution in [0.2, 0.25) is 0 Å². The van der Waals surface area contributed by atoms with Gasteiger partial charge in [-0.25, -0.2) is 8.42 Å². The summed E-state index contributed by atoms with van der Waals surface area (Å²) in [7, 11) is -1.34. The second-order valence-corrected chi connectivity index (χ2v) is 12.1. The number of rotatable bonds is 7. The Morgan fingerprint density at radius 2 is 1.86 bits per heavy atom. The van der Waals surface area contributed by atoms with Gasteiger partial charge >= 0.3 is 29.6 Å². The van der Waals surface area contributed by atoms with Crippen LogP contribution in [0, 0.1) is 0 Å². The molecule has 3 bridgehead atoms. The van der Waals surface area contributed by atoms with Crippen LogP contribution in [-0.2, 0) is 24.5 Å². The first-order valence-corrected chi connectivity index (χ1v) is 15.2. The molecular weight excluding hydrogens is 662 g/mol. The van der Waals surface area contributed by atoms with Crippen molar-refractivity contribution in [2.75, 3.05) is 35.7 Å². The Hall–Kier alpha value is -1.01. The Kier molecular flexibility index (Phi) is 9.92. The molecule has 3 aliphatic heterocycles. The van der Waals surface area contributed by atoms with Crippen LogP contribution < -0.4 is 34.5 Å². The number of benzene rings is 1. The van der Waals surface area contributed by atoms with Gasteiger partial charge in [-0.1, -0.05) is 52.6 Å². The van der Waals surface area contributed by atoms with Gasteiger partial charge in [0.15, 0.2) is 10.6 Å². The summed E-state index contributed by atoms with van der Waals surface area (Å²) in [5, 5.41) is 0.119. The maximum atomic E-state index is 13.1. The van der Waals surface area contributed by atoms with E-state index in [-0.39, 0.29) is 57.0 Å². The second-order valence-electron chi connectivity index (χ2n) is 8.34. The number of allylic oxidation sites excluding steroid dienone is 2. The van der Waals surface area contributed by atoms with Gasteiger partial charge in [0.25, 0.3) is 11.8 Å². The third-order valence-electron chi connectivity index (χ3n) is 6.07. The average molecular weight is 685 g/mol. The van der Waals surface area contributed by atoms with Gasteiger partial charge in [0.1, 0.15) is 5.57 Å². The van der Waals surface area contributed by atoms with Crippen molar-refractivity contribution in [1.29, 1.82) is 0 Å². The molecule has 1 fully saturated rings. The van der Waals surface area contributed by atoms with Gasteiger partial charge in [0.2, 0.25) is 5.91 Å². The van der Waals surface area contributed by atoms with Gasteiger partial charge in [-0.2, -0.15) is 0 Å². The third kappa shape index (κ3) is 6.10. The van der Waals surface area contributed by atoms with Gasteiger partial charge in [0.05, 0.1) is 26.3 Å². The molecule has 0 aromatic heterocycles. The molecular formula is C22H22IN4NaO6S3. The van der Waals surface area contributed by atoms with Gasteiger partial charge in [0, 0.05) is 31.3 Å². The number of hydrogen-bond acceptors (Lipinski definition) is 9. The molecule has 37 heavy (non-hydrogen) atoms.